The van der Waals surface area contributed by atoms with Gasteiger partial charge in [0.05, 0.1) is 22.9 Å². The summed E-state index contributed by atoms with van der Waals surface area (Å²) in [6.45, 7) is 2.98. The summed E-state index contributed by atoms with van der Waals surface area (Å²) < 4.78 is 11.4. The Hall–Kier alpha value is -3.55. The van der Waals surface area contributed by atoms with Gasteiger partial charge in [0.15, 0.2) is 0 Å². The molecule has 3 aromatic carbocycles. The predicted octanol–water partition coefficient (Wildman–Crippen LogP) is 5.84. The maximum Gasteiger partial charge on any atom is 0.329 e. The smallest absolute Gasteiger partial charge is 0.329 e. The minimum Gasteiger partial charge on any atom is -0.494 e. The molecule has 0 bridgehead atoms. The van der Waals surface area contributed by atoms with Crippen LogP contribution in [-0.2, 0) is 16.2 Å². The number of unbranched alkanes of at least 4 members (excludes halogenated alkanes) is 1. The zero-order valence-electron chi connectivity index (χ0n) is 19.1. The number of amides is 2. The second kappa shape index (κ2) is 13.4. The van der Waals surface area contributed by atoms with E-state index in [0.717, 1.165) is 18.4 Å². The van der Waals surface area contributed by atoms with Crippen molar-refractivity contribution in [3.8, 4) is 11.5 Å². The van der Waals surface area contributed by atoms with Crippen LogP contribution in [0.25, 0.3) is 0 Å². The Kier molecular flexibility index (Phi) is 9.95. The lowest BCUT2D eigenvalue weighted by molar-refractivity contribution is -0.136. The number of ether oxygens (including phenoxy) is 2. The van der Waals surface area contributed by atoms with Crippen molar-refractivity contribution in [3.05, 3.63) is 87.9 Å². The number of carbonyl (C=O) groups is 2. The molecule has 0 atom stereocenters. The average molecular weight is 514 g/mol. The van der Waals surface area contributed by atoms with E-state index in [0.29, 0.717) is 39.4 Å². The van der Waals surface area contributed by atoms with Gasteiger partial charge in [0.1, 0.15) is 18.1 Å². The van der Waals surface area contributed by atoms with E-state index in [1.54, 1.807) is 54.6 Å². The Balaban J connectivity index is 1.51. The van der Waals surface area contributed by atoms with Crippen LogP contribution in [0.2, 0.25) is 10.0 Å². The van der Waals surface area contributed by atoms with E-state index < -0.39 is 11.8 Å². The molecule has 0 saturated heterocycles. The number of benzene rings is 3. The normalized spacial score (nSPS) is 10.7. The first-order valence-electron chi connectivity index (χ1n) is 11.0. The number of nitrogens with one attached hydrogen (secondary N) is 2. The highest BCUT2D eigenvalue weighted by molar-refractivity contribution is 6.42. The number of para-hydroxylation sites is 1. The molecule has 0 aliphatic rings. The predicted molar refractivity (Wildman–Crippen MR) is 138 cm³/mol. The fourth-order valence-electron chi connectivity index (χ4n) is 2.88. The molecule has 0 spiro atoms. The van der Waals surface area contributed by atoms with Gasteiger partial charge in [0.25, 0.3) is 0 Å². The van der Waals surface area contributed by atoms with Crippen molar-refractivity contribution in [1.82, 2.24) is 5.43 Å². The Morgan fingerprint density at radius 1 is 0.943 bits per heavy atom. The molecule has 0 aliphatic heterocycles. The van der Waals surface area contributed by atoms with Crippen molar-refractivity contribution in [3.63, 3.8) is 0 Å². The van der Waals surface area contributed by atoms with Gasteiger partial charge in [0, 0.05) is 11.3 Å². The number of hydrogen-bond acceptors (Lipinski definition) is 5. The average Bonchev–Trinajstić information content (AvgIpc) is 2.86. The maximum atomic E-state index is 12.2. The third-order valence-corrected chi connectivity index (χ3v) is 5.49. The van der Waals surface area contributed by atoms with Crippen LogP contribution in [0.15, 0.2) is 71.8 Å². The molecule has 2 amide bonds. The number of carbonyl (C=O) groups excluding carboxylic acids is 2. The first kappa shape index (κ1) is 26.1. The number of halogens is 2. The van der Waals surface area contributed by atoms with Crippen LogP contribution >= 0.6 is 23.2 Å². The number of nitrogens with zero attached hydrogens (tertiary/aromatic N) is 1. The number of hydrogen-bond donors (Lipinski definition) is 2. The first-order valence-corrected chi connectivity index (χ1v) is 11.7. The maximum absolute atomic E-state index is 12.2. The molecule has 3 aromatic rings. The molecule has 0 heterocycles. The zero-order valence-corrected chi connectivity index (χ0v) is 20.6. The van der Waals surface area contributed by atoms with E-state index in [4.69, 9.17) is 32.7 Å². The fraction of sp³-hybridized carbons (Fsp3) is 0.192. The summed E-state index contributed by atoms with van der Waals surface area (Å²) in [6, 6.07) is 19.2. The van der Waals surface area contributed by atoms with Gasteiger partial charge in [-0.2, -0.15) is 5.10 Å². The van der Waals surface area contributed by atoms with Gasteiger partial charge >= 0.3 is 11.8 Å². The second-order valence-corrected chi connectivity index (χ2v) is 8.27. The van der Waals surface area contributed by atoms with Gasteiger partial charge in [-0.15, -0.1) is 0 Å². The minimum atomic E-state index is -0.904. The molecule has 0 aliphatic carbocycles. The van der Waals surface area contributed by atoms with Crippen molar-refractivity contribution in [2.24, 2.45) is 5.10 Å². The number of rotatable bonds is 10. The van der Waals surface area contributed by atoms with Gasteiger partial charge < -0.3 is 14.8 Å². The van der Waals surface area contributed by atoms with Crippen LogP contribution in [0.4, 0.5) is 5.69 Å². The number of hydrazone groups is 1. The molecule has 182 valence electrons. The van der Waals surface area contributed by atoms with Crippen LogP contribution in [-0.4, -0.2) is 24.6 Å². The summed E-state index contributed by atoms with van der Waals surface area (Å²) in [4.78, 5) is 24.3. The number of anilines is 1. The fourth-order valence-corrected chi connectivity index (χ4v) is 3.20. The highest BCUT2D eigenvalue weighted by Gasteiger charge is 2.13. The van der Waals surface area contributed by atoms with Gasteiger partial charge in [-0.1, -0.05) is 54.7 Å². The van der Waals surface area contributed by atoms with E-state index >= 15 is 0 Å². The monoisotopic (exact) mass is 513 g/mol. The molecule has 0 aromatic heterocycles. The van der Waals surface area contributed by atoms with Crippen LogP contribution in [0.5, 0.6) is 11.5 Å². The topological polar surface area (TPSA) is 89.0 Å². The standard InChI is InChI=1S/C26H25Cl2N3O4/c1-2-3-14-34-21-11-9-20(10-12-21)30-25(32)26(33)31-29-16-19-6-4-5-7-24(19)35-17-18-8-13-22(27)23(28)15-18/h4-13,15-16H,2-3,14,17H2,1H3,(H,30,32)(H,31,33)/b29-16-. The largest absolute Gasteiger partial charge is 0.494 e. The summed E-state index contributed by atoms with van der Waals surface area (Å²) in [5.74, 6) is -0.502. The van der Waals surface area contributed by atoms with Crippen LogP contribution < -0.4 is 20.2 Å². The van der Waals surface area contributed by atoms with Crippen molar-refractivity contribution in [2.75, 3.05) is 11.9 Å². The third kappa shape index (κ3) is 8.31. The Labute approximate surface area is 214 Å². The Morgan fingerprint density at radius 3 is 2.46 bits per heavy atom. The van der Waals surface area contributed by atoms with E-state index in [1.807, 2.05) is 12.1 Å². The lowest BCUT2D eigenvalue weighted by atomic mass is 10.2. The van der Waals surface area contributed by atoms with Crippen molar-refractivity contribution in [2.45, 2.75) is 26.4 Å². The van der Waals surface area contributed by atoms with E-state index in [2.05, 4.69) is 22.8 Å². The van der Waals surface area contributed by atoms with Crippen molar-refractivity contribution < 1.29 is 19.1 Å². The minimum absolute atomic E-state index is 0.263. The molecular weight excluding hydrogens is 489 g/mol. The Morgan fingerprint density at radius 2 is 1.71 bits per heavy atom. The molecule has 0 unspecified atom stereocenters. The third-order valence-electron chi connectivity index (χ3n) is 4.75. The summed E-state index contributed by atoms with van der Waals surface area (Å²) >= 11 is 12.0. The van der Waals surface area contributed by atoms with Crippen LogP contribution in [0, 0.1) is 0 Å². The summed E-state index contributed by atoms with van der Waals surface area (Å²) in [6.07, 6.45) is 3.41. The van der Waals surface area contributed by atoms with Gasteiger partial charge in [-0.05, 0) is 60.5 Å². The van der Waals surface area contributed by atoms with Crippen LogP contribution in [0.1, 0.15) is 30.9 Å². The highest BCUT2D eigenvalue weighted by atomic mass is 35.5. The quantitative estimate of drug-likeness (QED) is 0.154. The van der Waals surface area contributed by atoms with Gasteiger partial charge in [-0.25, -0.2) is 5.43 Å². The molecular formula is C26H25Cl2N3O4. The lowest BCUT2D eigenvalue weighted by Gasteiger charge is -2.10. The van der Waals surface area contributed by atoms with E-state index in [1.165, 1.54) is 6.21 Å². The molecule has 0 saturated carbocycles. The molecule has 0 radical (unpaired) electrons. The second-order valence-electron chi connectivity index (χ2n) is 7.45. The van der Waals surface area contributed by atoms with Gasteiger partial charge in [-0.3, -0.25) is 9.59 Å². The summed E-state index contributed by atoms with van der Waals surface area (Å²) in [7, 11) is 0. The first-order chi connectivity index (χ1) is 17.0. The van der Waals surface area contributed by atoms with Crippen LogP contribution in [0.3, 0.4) is 0 Å². The lowest BCUT2D eigenvalue weighted by Crippen LogP contribution is -2.32. The molecule has 0 fully saturated rings. The molecule has 7 nitrogen and oxygen atoms in total. The molecule has 35 heavy (non-hydrogen) atoms. The SMILES string of the molecule is CCCCOc1ccc(NC(=O)C(=O)N/N=C\c2ccccc2OCc2ccc(Cl)c(Cl)c2)cc1. The van der Waals surface area contributed by atoms with E-state index in [9.17, 15) is 9.59 Å². The summed E-state index contributed by atoms with van der Waals surface area (Å²) in [5.41, 5.74) is 4.15. The van der Waals surface area contributed by atoms with E-state index in [-0.39, 0.29) is 6.61 Å². The summed E-state index contributed by atoms with van der Waals surface area (Å²) in [5, 5.41) is 7.31. The zero-order chi connectivity index (χ0) is 25.0. The molecule has 9 heteroatoms. The van der Waals surface area contributed by atoms with Crippen molar-refractivity contribution in [1.29, 1.82) is 0 Å². The van der Waals surface area contributed by atoms with Gasteiger partial charge in [0.2, 0.25) is 0 Å². The van der Waals surface area contributed by atoms with Crippen molar-refractivity contribution >= 4 is 46.9 Å². The molecule has 2 N–H and O–H groups in total. The molecule has 3 rings (SSSR count). The highest BCUT2D eigenvalue weighted by Crippen LogP contribution is 2.24. The Bertz CT molecular complexity index is 1180.